The molecule has 0 aliphatic heterocycles. The average molecular weight is 359 g/mol. The number of nitrogens with two attached hydrogens (primary N) is 1. The summed E-state index contributed by atoms with van der Waals surface area (Å²) in [6, 6.07) is 6.20. The Balaban J connectivity index is 2.16. The lowest BCUT2D eigenvalue weighted by molar-refractivity contribution is 0.811. The van der Waals surface area contributed by atoms with Crippen LogP contribution in [-0.4, -0.2) is 24.3 Å². The maximum absolute atomic E-state index is 5.89. The molecule has 0 bridgehead atoms. The lowest BCUT2D eigenvalue weighted by atomic mass is 10.1. The number of aromatic nitrogens is 2. The third kappa shape index (κ3) is 3.68. The Bertz CT molecular complexity index is 569. The summed E-state index contributed by atoms with van der Waals surface area (Å²) >= 11 is 6.74. The van der Waals surface area contributed by atoms with Crippen molar-refractivity contribution < 1.29 is 0 Å². The summed E-state index contributed by atoms with van der Waals surface area (Å²) < 4.78 is 1.97. The monoisotopic (exact) mass is 358 g/mol. The lowest BCUT2D eigenvalue weighted by Crippen LogP contribution is -2.07. The van der Waals surface area contributed by atoms with E-state index in [1.807, 2.05) is 32.0 Å². The minimum atomic E-state index is 0.0234. The first-order valence-corrected chi connectivity index (χ1v) is 8.13. The van der Waals surface area contributed by atoms with E-state index in [0.717, 1.165) is 24.4 Å². The number of nitrogens with zero attached hydrogens (tertiary/aromatic N) is 3. The summed E-state index contributed by atoms with van der Waals surface area (Å²) in [7, 11) is 3.92. The molecule has 0 saturated carbocycles. The van der Waals surface area contributed by atoms with E-state index in [0.29, 0.717) is 0 Å². The van der Waals surface area contributed by atoms with Crippen molar-refractivity contribution in [3.05, 3.63) is 28.2 Å². The minimum absolute atomic E-state index is 0.0234. The molecule has 0 radical (unpaired) electrons. The summed E-state index contributed by atoms with van der Waals surface area (Å²) in [6.07, 6.45) is 0. The standard InChI is InChI=1S/C12H15BrN4S2/c1-7(14)9-5-4-8(6-10(9)13)18-12-16-15-11(19-12)17(2)3/h4-7H,14H2,1-3H3/t7-/m1/s1. The smallest absolute Gasteiger partial charge is 0.208 e. The van der Waals surface area contributed by atoms with Gasteiger partial charge in [0.05, 0.1) is 0 Å². The fourth-order valence-corrected chi connectivity index (χ4v) is 4.13. The number of benzene rings is 1. The highest BCUT2D eigenvalue weighted by molar-refractivity contribution is 9.10. The predicted octanol–water partition coefficient (Wildman–Crippen LogP) is 3.54. The Morgan fingerprint density at radius 3 is 2.63 bits per heavy atom. The van der Waals surface area contributed by atoms with E-state index in [9.17, 15) is 0 Å². The number of anilines is 1. The minimum Gasteiger partial charge on any atom is -0.353 e. The molecule has 2 aromatic rings. The van der Waals surface area contributed by atoms with E-state index in [1.165, 1.54) is 0 Å². The summed E-state index contributed by atoms with van der Waals surface area (Å²) in [5, 5.41) is 9.20. The Morgan fingerprint density at radius 1 is 1.37 bits per heavy atom. The molecule has 0 saturated heterocycles. The molecule has 102 valence electrons. The van der Waals surface area contributed by atoms with E-state index < -0.39 is 0 Å². The van der Waals surface area contributed by atoms with Crippen molar-refractivity contribution >= 4 is 44.2 Å². The topological polar surface area (TPSA) is 55.0 Å². The van der Waals surface area contributed by atoms with Crippen LogP contribution >= 0.6 is 39.0 Å². The van der Waals surface area contributed by atoms with Crippen LogP contribution in [0.5, 0.6) is 0 Å². The van der Waals surface area contributed by atoms with Gasteiger partial charge >= 0.3 is 0 Å². The zero-order valence-electron chi connectivity index (χ0n) is 10.9. The van der Waals surface area contributed by atoms with Crippen LogP contribution in [0.3, 0.4) is 0 Å². The molecule has 0 unspecified atom stereocenters. The van der Waals surface area contributed by atoms with Gasteiger partial charge in [-0.3, -0.25) is 0 Å². The van der Waals surface area contributed by atoms with Gasteiger partial charge in [0, 0.05) is 29.5 Å². The van der Waals surface area contributed by atoms with E-state index in [2.05, 4.69) is 38.3 Å². The van der Waals surface area contributed by atoms with Crippen LogP contribution in [-0.2, 0) is 0 Å². The highest BCUT2D eigenvalue weighted by Crippen LogP contribution is 2.35. The Morgan fingerprint density at radius 2 is 2.11 bits per heavy atom. The molecule has 1 heterocycles. The maximum atomic E-state index is 5.89. The zero-order chi connectivity index (χ0) is 14.0. The van der Waals surface area contributed by atoms with Gasteiger partial charge in [0.15, 0.2) is 4.34 Å². The molecule has 0 aliphatic carbocycles. The summed E-state index contributed by atoms with van der Waals surface area (Å²) in [5.41, 5.74) is 7.00. The highest BCUT2D eigenvalue weighted by atomic mass is 79.9. The summed E-state index contributed by atoms with van der Waals surface area (Å²) in [6.45, 7) is 1.97. The molecule has 7 heteroatoms. The van der Waals surface area contributed by atoms with Gasteiger partial charge in [0.2, 0.25) is 5.13 Å². The van der Waals surface area contributed by atoms with Gasteiger partial charge in [-0.25, -0.2) is 0 Å². The summed E-state index contributed by atoms with van der Waals surface area (Å²) in [4.78, 5) is 3.08. The second-order valence-corrected chi connectivity index (χ2v) is 7.45. The van der Waals surface area contributed by atoms with Gasteiger partial charge < -0.3 is 10.6 Å². The molecule has 2 rings (SSSR count). The average Bonchev–Trinajstić information content (AvgIpc) is 2.77. The number of rotatable bonds is 4. The van der Waals surface area contributed by atoms with Crippen molar-refractivity contribution in [1.82, 2.24) is 10.2 Å². The second-order valence-electron chi connectivity index (χ2n) is 4.32. The number of hydrogen-bond acceptors (Lipinski definition) is 6. The molecule has 1 aromatic heterocycles. The van der Waals surface area contributed by atoms with E-state index >= 15 is 0 Å². The Kier molecular flexibility index (Phi) is 4.83. The second kappa shape index (κ2) is 6.21. The van der Waals surface area contributed by atoms with Crippen molar-refractivity contribution in [2.45, 2.75) is 22.2 Å². The van der Waals surface area contributed by atoms with Crippen LogP contribution in [0.15, 0.2) is 31.9 Å². The third-order valence-corrected chi connectivity index (χ3v) is 5.26. The first-order chi connectivity index (χ1) is 8.97. The third-order valence-electron chi connectivity index (χ3n) is 2.45. The van der Waals surface area contributed by atoms with Crippen LogP contribution in [0.25, 0.3) is 0 Å². The van der Waals surface area contributed by atoms with E-state index in [-0.39, 0.29) is 6.04 Å². The first kappa shape index (κ1) is 14.8. The van der Waals surface area contributed by atoms with E-state index in [4.69, 9.17) is 5.73 Å². The molecule has 2 N–H and O–H groups in total. The maximum Gasteiger partial charge on any atom is 0.208 e. The van der Waals surface area contributed by atoms with Gasteiger partial charge in [-0.05, 0) is 24.6 Å². The summed E-state index contributed by atoms with van der Waals surface area (Å²) in [5.74, 6) is 0. The SMILES string of the molecule is C[C@@H](N)c1ccc(Sc2nnc(N(C)C)s2)cc1Br. The molecule has 4 nitrogen and oxygen atoms in total. The molecule has 19 heavy (non-hydrogen) atoms. The van der Waals surface area contributed by atoms with Crippen molar-refractivity contribution in [2.75, 3.05) is 19.0 Å². The van der Waals surface area contributed by atoms with Crippen molar-refractivity contribution in [3.63, 3.8) is 0 Å². The van der Waals surface area contributed by atoms with Crippen LogP contribution in [0, 0.1) is 0 Å². The van der Waals surface area contributed by atoms with Gasteiger partial charge in [0.25, 0.3) is 0 Å². The molecular formula is C12H15BrN4S2. The zero-order valence-corrected chi connectivity index (χ0v) is 14.1. The molecule has 0 amide bonds. The molecule has 0 spiro atoms. The van der Waals surface area contributed by atoms with Gasteiger partial charge in [-0.15, -0.1) is 10.2 Å². The largest absolute Gasteiger partial charge is 0.353 e. The van der Waals surface area contributed by atoms with Crippen molar-refractivity contribution in [1.29, 1.82) is 0 Å². The van der Waals surface area contributed by atoms with Crippen LogP contribution in [0.4, 0.5) is 5.13 Å². The Labute approximate surface area is 129 Å². The van der Waals surface area contributed by atoms with Crippen molar-refractivity contribution in [3.8, 4) is 0 Å². The lowest BCUT2D eigenvalue weighted by Gasteiger charge is -2.09. The van der Waals surface area contributed by atoms with Gasteiger partial charge in [-0.1, -0.05) is 45.1 Å². The van der Waals surface area contributed by atoms with Crippen LogP contribution in [0.1, 0.15) is 18.5 Å². The molecular weight excluding hydrogens is 344 g/mol. The van der Waals surface area contributed by atoms with E-state index in [1.54, 1.807) is 23.1 Å². The highest BCUT2D eigenvalue weighted by Gasteiger charge is 2.10. The van der Waals surface area contributed by atoms with Gasteiger partial charge in [0.1, 0.15) is 0 Å². The quantitative estimate of drug-likeness (QED) is 0.905. The Hall–Kier alpha value is -0.630. The normalized spacial score (nSPS) is 12.5. The molecule has 1 aromatic carbocycles. The van der Waals surface area contributed by atoms with Gasteiger partial charge in [-0.2, -0.15) is 0 Å². The fraction of sp³-hybridized carbons (Fsp3) is 0.333. The number of hydrogen-bond donors (Lipinski definition) is 1. The molecule has 0 fully saturated rings. The predicted molar refractivity (Wildman–Crippen MR) is 85.1 cm³/mol. The fourth-order valence-electron chi connectivity index (χ4n) is 1.47. The van der Waals surface area contributed by atoms with Crippen LogP contribution in [0.2, 0.25) is 0 Å². The van der Waals surface area contributed by atoms with Crippen LogP contribution < -0.4 is 10.6 Å². The molecule has 1 atom stereocenters. The first-order valence-electron chi connectivity index (χ1n) is 5.71. The molecule has 0 aliphatic rings. The van der Waals surface area contributed by atoms with Crippen molar-refractivity contribution in [2.24, 2.45) is 5.73 Å². The number of halogens is 1.